The van der Waals surface area contributed by atoms with E-state index in [9.17, 15) is 26.4 Å². The number of halogens is 3. The van der Waals surface area contributed by atoms with Crippen molar-refractivity contribution in [3.63, 3.8) is 0 Å². The Kier molecular flexibility index (Phi) is 3.61. The molecule has 0 aliphatic rings. The molecule has 0 aliphatic heterocycles. The maximum atomic E-state index is 11.8. The molecule has 1 N–H and O–H groups in total. The Balaban J connectivity index is 2.93. The Labute approximate surface area is 94.2 Å². The fourth-order valence-corrected chi connectivity index (χ4v) is 1.71. The van der Waals surface area contributed by atoms with Crippen molar-refractivity contribution >= 4 is 16.4 Å². The van der Waals surface area contributed by atoms with Crippen molar-refractivity contribution in [3.8, 4) is 5.75 Å². The highest BCUT2D eigenvalue weighted by molar-refractivity contribution is 7.90. The molecule has 1 aromatic carbocycles. The van der Waals surface area contributed by atoms with E-state index in [2.05, 4.69) is 4.74 Å². The topological polar surface area (TPSA) is 72.5 Å². The van der Waals surface area contributed by atoms with Crippen LogP contribution < -0.4 is 9.46 Å². The van der Waals surface area contributed by atoms with Gasteiger partial charge in [-0.25, -0.2) is 8.42 Å². The van der Waals surface area contributed by atoms with Gasteiger partial charge in [0.25, 0.3) is 10.0 Å². The number of amides is 1. The zero-order valence-electron chi connectivity index (χ0n) is 8.06. The quantitative estimate of drug-likeness (QED) is 0.828. The van der Waals surface area contributed by atoms with Crippen LogP contribution in [0, 0.1) is 0 Å². The average Bonchev–Trinajstić information content (AvgIpc) is 2.15. The van der Waals surface area contributed by atoms with E-state index in [4.69, 9.17) is 0 Å². The molecule has 0 spiro atoms. The summed E-state index contributed by atoms with van der Waals surface area (Å²) in [6.45, 7) is 0. The number of alkyl halides is 3. The van der Waals surface area contributed by atoms with Gasteiger partial charge in [-0.1, -0.05) is 0 Å². The first-order chi connectivity index (χ1) is 7.74. The lowest BCUT2D eigenvalue weighted by Gasteiger charge is -2.09. The molecule has 0 aromatic heterocycles. The van der Waals surface area contributed by atoms with Crippen LogP contribution >= 0.6 is 0 Å². The summed E-state index contributed by atoms with van der Waals surface area (Å²) in [5, 5.41) is 0. The lowest BCUT2D eigenvalue weighted by atomic mass is 10.3. The monoisotopic (exact) mass is 269 g/mol. The SMILES string of the molecule is O=CNS(=O)(=O)c1ccc(OC(F)(F)F)cc1. The van der Waals surface area contributed by atoms with E-state index >= 15 is 0 Å². The van der Waals surface area contributed by atoms with Crippen molar-refractivity contribution in [2.24, 2.45) is 0 Å². The molecule has 5 nitrogen and oxygen atoms in total. The van der Waals surface area contributed by atoms with Gasteiger partial charge in [0, 0.05) is 0 Å². The van der Waals surface area contributed by atoms with Crippen LogP contribution in [-0.2, 0) is 14.8 Å². The number of carbonyl (C=O) groups excluding carboxylic acids is 1. The first-order valence-corrected chi connectivity index (χ1v) is 5.55. The Morgan fingerprint density at radius 2 is 1.71 bits per heavy atom. The number of sulfonamides is 1. The largest absolute Gasteiger partial charge is 0.573 e. The van der Waals surface area contributed by atoms with Crippen LogP contribution in [-0.4, -0.2) is 21.2 Å². The molecule has 17 heavy (non-hydrogen) atoms. The Bertz CT molecular complexity index is 494. The fraction of sp³-hybridized carbons (Fsp3) is 0.125. The lowest BCUT2D eigenvalue weighted by Crippen LogP contribution is -2.22. The van der Waals surface area contributed by atoms with Gasteiger partial charge in [0.1, 0.15) is 5.75 Å². The van der Waals surface area contributed by atoms with E-state index in [-0.39, 0.29) is 11.3 Å². The van der Waals surface area contributed by atoms with Crippen molar-refractivity contribution in [2.45, 2.75) is 11.3 Å². The first kappa shape index (κ1) is 13.3. The van der Waals surface area contributed by atoms with Gasteiger partial charge in [-0.3, -0.25) is 9.52 Å². The maximum Gasteiger partial charge on any atom is 0.573 e. The normalized spacial score (nSPS) is 11.9. The van der Waals surface area contributed by atoms with Crippen molar-refractivity contribution < 1.29 is 31.1 Å². The minimum atomic E-state index is -4.85. The molecule has 0 unspecified atom stereocenters. The molecule has 0 saturated carbocycles. The predicted octanol–water partition coefficient (Wildman–Crippen LogP) is 1.02. The lowest BCUT2D eigenvalue weighted by molar-refractivity contribution is -0.274. The number of rotatable bonds is 4. The number of hydrogen-bond acceptors (Lipinski definition) is 4. The van der Waals surface area contributed by atoms with Crippen LogP contribution in [0.1, 0.15) is 0 Å². The number of nitrogens with one attached hydrogen (secondary N) is 1. The van der Waals surface area contributed by atoms with Gasteiger partial charge >= 0.3 is 6.36 Å². The van der Waals surface area contributed by atoms with Crippen molar-refractivity contribution in [1.29, 1.82) is 0 Å². The molecule has 1 rings (SSSR count). The van der Waals surface area contributed by atoms with Gasteiger partial charge in [-0.15, -0.1) is 13.2 Å². The van der Waals surface area contributed by atoms with E-state index in [0.717, 1.165) is 24.3 Å². The third-order valence-electron chi connectivity index (χ3n) is 1.57. The van der Waals surface area contributed by atoms with Crippen LogP contribution in [0.15, 0.2) is 29.2 Å². The van der Waals surface area contributed by atoms with Crippen molar-refractivity contribution in [2.75, 3.05) is 0 Å². The van der Waals surface area contributed by atoms with Crippen molar-refractivity contribution in [1.82, 2.24) is 4.72 Å². The van der Waals surface area contributed by atoms with Gasteiger partial charge < -0.3 is 4.74 Å². The third kappa shape index (κ3) is 3.94. The standard InChI is InChI=1S/C8H6F3NO4S/c9-8(10,11)16-6-1-3-7(4-2-6)17(14,15)12-5-13/h1-5H,(H,12,13). The summed E-state index contributed by atoms with van der Waals surface area (Å²) in [4.78, 5) is 9.64. The van der Waals surface area contributed by atoms with E-state index in [0.29, 0.717) is 0 Å². The molecule has 0 saturated heterocycles. The third-order valence-corrected chi connectivity index (χ3v) is 2.87. The number of carbonyl (C=O) groups is 1. The predicted molar refractivity (Wildman–Crippen MR) is 49.5 cm³/mol. The molecule has 0 aliphatic carbocycles. The van der Waals surface area contributed by atoms with E-state index < -0.39 is 22.1 Å². The number of hydrogen-bond donors (Lipinski definition) is 1. The van der Waals surface area contributed by atoms with E-state index in [1.165, 1.54) is 4.72 Å². The maximum absolute atomic E-state index is 11.8. The highest BCUT2D eigenvalue weighted by Crippen LogP contribution is 2.23. The van der Waals surface area contributed by atoms with Crippen LogP contribution in [0.5, 0.6) is 5.75 Å². The molecule has 0 bridgehead atoms. The van der Waals surface area contributed by atoms with Gasteiger partial charge in [0.15, 0.2) is 0 Å². The average molecular weight is 269 g/mol. The fourth-order valence-electron chi connectivity index (χ4n) is 0.952. The summed E-state index contributed by atoms with van der Waals surface area (Å²) in [6, 6.07) is 3.42. The van der Waals surface area contributed by atoms with E-state index in [1.54, 1.807) is 0 Å². The van der Waals surface area contributed by atoms with Gasteiger partial charge in [0.05, 0.1) is 4.90 Å². The summed E-state index contributed by atoms with van der Waals surface area (Å²) in [6.07, 6.45) is -4.89. The molecule has 0 atom stereocenters. The first-order valence-electron chi connectivity index (χ1n) is 4.06. The molecule has 0 heterocycles. The minimum Gasteiger partial charge on any atom is -0.406 e. The minimum absolute atomic E-state index is 0.0462. The molecular weight excluding hydrogens is 263 g/mol. The Hall–Kier alpha value is -1.77. The van der Waals surface area contributed by atoms with Crippen molar-refractivity contribution in [3.05, 3.63) is 24.3 Å². The summed E-state index contributed by atoms with van der Waals surface area (Å²) in [7, 11) is -4.03. The molecule has 1 aromatic rings. The second kappa shape index (κ2) is 4.62. The summed E-state index contributed by atoms with van der Waals surface area (Å²) in [5.74, 6) is -0.553. The van der Waals surface area contributed by atoms with E-state index in [1.807, 2.05) is 0 Å². The summed E-state index contributed by atoms with van der Waals surface area (Å²) in [5.41, 5.74) is 0. The van der Waals surface area contributed by atoms with Crippen LogP contribution in [0.25, 0.3) is 0 Å². The smallest absolute Gasteiger partial charge is 0.406 e. The molecule has 9 heteroatoms. The number of benzene rings is 1. The van der Waals surface area contributed by atoms with Gasteiger partial charge in [-0.2, -0.15) is 0 Å². The molecule has 1 amide bonds. The Morgan fingerprint density at radius 3 is 2.12 bits per heavy atom. The Morgan fingerprint density at radius 1 is 1.18 bits per heavy atom. The highest BCUT2D eigenvalue weighted by atomic mass is 32.2. The molecule has 0 radical (unpaired) electrons. The summed E-state index contributed by atoms with van der Waals surface area (Å²) < 4.78 is 62.9. The molecule has 0 fully saturated rings. The van der Waals surface area contributed by atoms with Gasteiger partial charge in [-0.05, 0) is 24.3 Å². The summed E-state index contributed by atoms with van der Waals surface area (Å²) >= 11 is 0. The highest BCUT2D eigenvalue weighted by Gasteiger charge is 2.31. The molecule has 94 valence electrons. The second-order valence-electron chi connectivity index (χ2n) is 2.76. The van der Waals surface area contributed by atoms with Crippen LogP contribution in [0.2, 0.25) is 0 Å². The van der Waals surface area contributed by atoms with Crippen LogP contribution in [0.3, 0.4) is 0 Å². The number of ether oxygens (including phenoxy) is 1. The zero-order chi connectivity index (χ0) is 13.1. The zero-order valence-corrected chi connectivity index (χ0v) is 8.88. The van der Waals surface area contributed by atoms with Crippen LogP contribution in [0.4, 0.5) is 13.2 Å². The second-order valence-corrected chi connectivity index (χ2v) is 4.47. The van der Waals surface area contributed by atoms with Gasteiger partial charge in [0.2, 0.25) is 6.41 Å². The molecular formula is C8H6F3NO4S.